The van der Waals surface area contributed by atoms with Gasteiger partial charge in [0.15, 0.2) is 17.2 Å². The Labute approximate surface area is 210 Å². The van der Waals surface area contributed by atoms with Gasteiger partial charge in [0.05, 0.1) is 17.2 Å². The van der Waals surface area contributed by atoms with Crippen LogP contribution in [0.4, 0.5) is 11.4 Å². The van der Waals surface area contributed by atoms with Gasteiger partial charge in [-0.25, -0.2) is 5.01 Å². The molecule has 2 heterocycles. The van der Waals surface area contributed by atoms with Gasteiger partial charge in [-0.2, -0.15) is 0 Å². The van der Waals surface area contributed by atoms with Gasteiger partial charge in [0, 0.05) is 6.07 Å². The third kappa shape index (κ3) is 4.74. The average molecular weight is 503 g/mol. The molecular weight excluding hydrogens is 482 g/mol. The van der Waals surface area contributed by atoms with E-state index in [1.165, 1.54) is 18.2 Å². The second-order valence-corrected chi connectivity index (χ2v) is 8.01. The minimum absolute atomic E-state index is 0.00488. The molecule has 0 spiro atoms. The highest BCUT2D eigenvalue weighted by Crippen LogP contribution is 2.40. The Morgan fingerprint density at radius 2 is 1.84 bits per heavy atom. The maximum absolute atomic E-state index is 12.9. The topological polar surface area (TPSA) is 129 Å². The lowest BCUT2D eigenvalue weighted by Gasteiger charge is -2.14. The van der Waals surface area contributed by atoms with Crippen LogP contribution in [0.3, 0.4) is 0 Å². The highest BCUT2D eigenvalue weighted by molar-refractivity contribution is 6.31. The Morgan fingerprint density at radius 3 is 2.59 bits per heavy atom. The van der Waals surface area contributed by atoms with Crippen LogP contribution in [0.15, 0.2) is 66.2 Å². The van der Waals surface area contributed by atoms with Gasteiger partial charge in [-0.05, 0) is 54.5 Å². The monoisotopic (exact) mass is 503 g/mol. The molecular formula is C26H21N3O8. The SMILES string of the molecule is CCOc1cc(/C=C2/C(=O)NN(c3ccccc3)C2=O)cc([N+](=O)[O-])c1OCc1ccc2c(c1)OCO2. The summed E-state index contributed by atoms with van der Waals surface area (Å²) in [7, 11) is 0. The second-order valence-electron chi connectivity index (χ2n) is 8.01. The van der Waals surface area contributed by atoms with Crippen LogP contribution in [0.2, 0.25) is 0 Å². The molecule has 2 amide bonds. The Morgan fingerprint density at radius 1 is 1.05 bits per heavy atom. The van der Waals surface area contributed by atoms with Gasteiger partial charge in [0.2, 0.25) is 12.5 Å². The molecule has 0 saturated carbocycles. The molecule has 2 aliphatic rings. The predicted octanol–water partition coefficient (Wildman–Crippen LogP) is 3.76. The van der Waals surface area contributed by atoms with E-state index in [1.54, 1.807) is 55.5 Å². The number of carbonyl (C=O) groups is 2. The first-order valence-corrected chi connectivity index (χ1v) is 11.3. The Hall–Kier alpha value is -5.06. The normalized spacial score (nSPS) is 15.2. The number of hydrogen-bond acceptors (Lipinski definition) is 8. The molecule has 0 radical (unpaired) electrons. The van der Waals surface area contributed by atoms with Crippen molar-refractivity contribution < 1.29 is 33.5 Å². The number of amides is 2. The van der Waals surface area contributed by atoms with Gasteiger partial charge < -0.3 is 18.9 Å². The number of ether oxygens (including phenoxy) is 4. The molecule has 37 heavy (non-hydrogen) atoms. The first-order valence-electron chi connectivity index (χ1n) is 11.3. The zero-order valence-electron chi connectivity index (χ0n) is 19.6. The molecule has 0 atom stereocenters. The van der Waals surface area contributed by atoms with Crippen molar-refractivity contribution in [3.05, 3.63) is 87.5 Å². The zero-order valence-corrected chi connectivity index (χ0v) is 19.6. The van der Waals surface area contributed by atoms with Crippen molar-refractivity contribution in [1.29, 1.82) is 0 Å². The van der Waals surface area contributed by atoms with E-state index in [0.29, 0.717) is 22.7 Å². The molecule has 1 saturated heterocycles. The van der Waals surface area contributed by atoms with Gasteiger partial charge in [-0.3, -0.25) is 25.1 Å². The maximum Gasteiger partial charge on any atom is 0.315 e. The van der Waals surface area contributed by atoms with Crippen molar-refractivity contribution in [3.8, 4) is 23.0 Å². The lowest BCUT2D eigenvalue weighted by molar-refractivity contribution is -0.386. The summed E-state index contributed by atoms with van der Waals surface area (Å²) in [6.07, 6.45) is 1.29. The predicted molar refractivity (Wildman–Crippen MR) is 131 cm³/mol. The van der Waals surface area contributed by atoms with Crippen LogP contribution in [-0.2, 0) is 16.2 Å². The van der Waals surface area contributed by atoms with Crippen LogP contribution in [0.1, 0.15) is 18.1 Å². The first-order chi connectivity index (χ1) is 17.9. The molecule has 0 aromatic heterocycles. The van der Waals surface area contributed by atoms with E-state index in [9.17, 15) is 19.7 Å². The summed E-state index contributed by atoms with van der Waals surface area (Å²) < 4.78 is 22.1. The number of benzene rings is 3. The number of fused-ring (bicyclic) bond motifs is 1. The molecule has 1 N–H and O–H groups in total. The molecule has 0 bridgehead atoms. The molecule has 0 aliphatic carbocycles. The van der Waals surface area contributed by atoms with E-state index in [1.807, 2.05) is 0 Å². The first kappa shape index (κ1) is 23.7. The van der Waals surface area contributed by atoms with Crippen LogP contribution in [0, 0.1) is 10.1 Å². The van der Waals surface area contributed by atoms with E-state index in [4.69, 9.17) is 18.9 Å². The quantitative estimate of drug-likeness (QED) is 0.213. The fraction of sp³-hybridized carbons (Fsp3) is 0.154. The number of nitro benzene ring substituents is 1. The molecule has 5 rings (SSSR count). The maximum atomic E-state index is 12.9. The lowest BCUT2D eigenvalue weighted by Crippen LogP contribution is -2.35. The third-order valence-electron chi connectivity index (χ3n) is 5.59. The number of carbonyl (C=O) groups excluding carboxylic acids is 2. The van der Waals surface area contributed by atoms with Crippen LogP contribution < -0.4 is 29.4 Å². The molecule has 3 aromatic rings. The summed E-state index contributed by atoms with van der Waals surface area (Å²) in [4.78, 5) is 36.8. The Bertz CT molecular complexity index is 1420. The lowest BCUT2D eigenvalue weighted by atomic mass is 10.1. The summed E-state index contributed by atoms with van der Waals surface area (Å²) in [6.45, 7) is 2.06. The summed E-state index contributed by atoms with van der Waals surface area (Å²) in [5.74, 6) is -0.00231. The van der Waals surface area contributed by atoms with E-state index < -0.39 is 16.7 Å². The third-order valence-corrected chi connectivity index (χ3v) is 5.59. The summed E-state index contributed by atoms with van der Waals surface area (Å²) >= 11 is 0. The van der Waals surface area contributed by atoms with E-state index in [2.05, 4.69) is 5.43 Å². The summed E-state index contributed by atoms with van der Waals surface area (Å²) in [6, 6.07) is 16.5. The number of nitrogens with zero attached hydrogens (tertiary/aromatic N) is 2. The van der Waals surface area contributed by atoms with Crippen molar-refractivity contribution in [3.63, 3.8) is 0 Å². The van der Waals surface area contributed by atoms with Crippen molar-refractivity contribution in [1.82, 2.24) is 5.43 Å². The highest BCUT2D eigenvalue weighted by atomic mass is 16.7. The standard InChI is InChI=1S/C26H21N3O8/c1-2-34-23-13-17(10-19-25(30)27-28(26(19)31)18-6-4-3-5-7-18)11-20(29(32)33)24(23)35-14-16-8-9-21-22(12-16)37-15-36-21/h3-13H,2,14-15H2,1H3,(H,27,30)/b19-10-. The number of hydrazine groups is 1. The van der Waals surface area contributed by atoms with Crippen LogP contribution >= 0.6 is 0 Å². The minimum Gasteiger partial charge on any atom is -0.490 e. The summed E-state index contributed by atoms with van der Waals surface area (Å²) in [5.41, 5.74) is 3.39. The molecule has 11 nitrogen and oxygen atoms in total. The van der Waals surface area contributed by atoms with Crippen molar-refractivity contribution >= 4 is 29.3 Å². The molecule has 3 aromatic carbocycles. The van der Waals surface area contributed by atoms with E-state index in [0.717, 1.165) is 5.01 Å². The number of para-hydroxylation sites is 1. The summed E-state index contributed by atoms with van der Waals surface area (Å²) in [5, 5.41) is 13.1. The fourth-order valence-corrected chi connectivity index (χ4v) is 3.90. The van der Waals surface area contributed by atoms with Crippen LogP contribution in [0.5, 0.6) is 23.0 Å². The van der Waals surface area contributed by atoms with E-state index >= 15 is 0 Å². The van der Waals surface area contributed by atoms with Crippen LogP contribution in [0.25, 0.3) is 6.08 Å². The van der Waals surface area contributed by atoms with Crippen molar-refractivity contribution in [2.75, 3.05) is 18.4 Å². The number of rotatable bonds is 8. The number of hydrogen-bond donors (Lipinski definition) is 1. The molecule has 2 aliphatic heterocycles. The zero-order chi connectivity index (χ0) is 25.9. The Kier molecular flexibility index (Phi) is 6.33. The van der Waals surface area contributed by atoms with Gasteiger partial charge in [0.25, 0.3) is 11.8 Å². The van der Waals surface area contributed by atoms with Crippen LogP contribution in [-0.4, -0.2) is 30.1 Å². The fourth-order valence-electron chi connectivity index (χ4n) is 3.90. The van der Waals surface area contributed by atoms with Crippen molar-refractivity contribution in [2.24, 2.45) is 0 Å². The Balaban J connectivity index is 1.46. The second kappa shape index (κ2) is 9.90. The van der Waals surface area contributed by atoms with Gasteiger partial charge in [-0.1, -0.05) is 24.3 Å². The molecule has 11 heteroatoms. The van der Waals surface area contributed by atoms with Crippen molar-refractivity contribution in [2.45, 2.75) is 13.5 Å². The minimum atomic E-state index is -0.627. The van der Waals surface area contributed by atoms with Gasteiger partial charge in [0.1, 0.15) is 12.2 Å². The number of nitrogens with one attached hydrogen (secondary N) is 1. The molecule has 188 valence electrons. The number of nitro groups is 1. The van der Waals surface area contributed by atoms with Gasteiger partial charge >= 0.3 is 5.69 Å². The number of anilines is 1. The highest BCUT2D eigenvalue weighted by Gasteiger charge is 2.35. The largest absolute Gasteiger partial charge is 0.490 e. The average Bonchev–Trinajstić information content (AvgIpc) is 3.48. The molecule has 1 fully saturated rings. The van der Waals surface area contributed by atoms with E-state index in [-0.39, 0.29) is 48.3 Å². The smallest absolute Gasteiger partial charge is 0.315 e. The van der Waals surface area contributed by atoms with Gasteiger partial charge in [-0.15, -0.1) is 0 Å². The molecule has 0 unspecified atom stereocenters.